The fourth-order valence-electron chi connectivity index (χ4n) is 2.09. The predicted molar refractivity (Wildman–Crippen MR) is 88.6 cm³/mol. The summed E-state index contributed by atoms with van der Waals surface area (Å²) >= 11 is 3.27. The Balaban J connectivity index is 0.00000361. The molecule has 0 amide bonds. The lowest BCUT2D eigenvalue weighted by molar-refractivity contribution is 0.344. The third kappa shape index (κ3) is 5.69. The van der Waals surface area contributed by atoms with Crippen LogP contribution in [0, 0.1) is 5.92 Å². The van der Waals surface area contributed by atoms with Crippen LogP contribution in [-0.4, -0.2) is 20.5 Å². The Hall–Kier alpha value is -0.140. The third-order valence-corrected chi connectivity index (χ3v) is 4.93. The summed E-state index contributed by atoms with van der Waals surface area (Å²) in [5, 5.41) is 0. The summed E-state index contributed by atoms with van der Waals surface area (Å²) in [4.78, 5) is 0.241. The quantitative estimate of drug-likeness (QED) is 0.791. The number of sulfonamides is 1. The number of nitrogens with one attached hydrogen (secondary N) is 1. The number of hydrogen-bond acceptors (Lipinski definition) is 3. The van der Waals surface area contributed by atoms with Gasteiger partial charge in [-0.2, -0.15) is 0 Å². The first kappa shape index (κ1) is 19.9. The predicted octanol–water partition coefficient (Wildman–Crippen LogP) is 2.91. The van der Waals surface area contributed by atoms with Crippen molar-refractivity contribution in [1.82, 2.24) is 4.72 Å². The van der Waals surface area contributed by atoms with Gasteiger partial charge in [0.2, 0.25) is 10.0 Å². The van der Waals surface area contributed by atoms with Crippen molar-refractivity contribution in [1.29, 1.82) is 0 Å². The molecule has 1 aromatic carbocycles. The Morgan fingerprint density at radius 3 is 2.45 bits per heavy atom. The molecule has 0 aliphatic rings. The largest absolute Gasteiger partial charge is 0.329 e. The Morgan fingerprint density at radius 2 is 2.00 bits per heavy atom. The summed E-state index contributed by atoms with van der Waals surface area (Å²) in [6, 6.07) is 6.63. The molecule has 1 unspecified atom stereocenters. The number of rotatable bonds is 6. The fourth-order valence-corrected chi connectivity index (χ4v) is 4.11. The molecule has 7 heteroatoms. The molecule has 0 saturated carbocycles. The van der Waals surface area contributed by atoms with Gasteiger partial charge in [-0.15, -0.1) is 12.4 Å². The smallest absolute Gasteiger partial charge is 0.241 e. The molecule has 1 aromatic rings. The first-order valence-corrected chi connectivity index (χ1v) is 8.46. The van der Waals surface area contributed by atoms with Crippen molar-refractivity contribution in [3.8, 4) is 0 Å². The lowest BCUT2D eigenvalue weighted by Crippen LogP contribution is -2.51. The van der Waals surface area contributed by atoms with Gasteiger partial charge in [0.05, 0.1) is 4.90 Å². The molecular weight excluding hydrogens is 364 g/mol. The molecule has 0 spiro atoms. The molecule has 0 aliphatic heterocycles. The minimum Gasteiger partial charge on any atom is -0.329 e. The first-order valence-electron chi connectivity index (χ1n) is 6.18. The molecule has 4 nitrogen and oxygen atoms in total. The molecule has 0 aromatic heterocycles. The molecule has 1 atom stereocenters. The van der Waals surface area contributed by atoms with Crippen LogP contribution in [0.4, 0.5) is 0 Å². The van der Waals surface area contributed by atoms with Gasteiger partial charge in [0.1, 0.15) is 0 Å². The second-order valence-electron chi connectivity index (χ2n) is 5.43. The van der Waals surface area contributed by atoms with Gasteiger partial charge in [0, 0.05) is 16.6 Å². The van der Waals surface area contributed by atoms with E-state index in [1.807, 2.05) is 20.8 Å². The average molecular weight is 386 g/mol. The van der Waals surface area contributed by atoms with Gasteiger partial charge in [0.25, 0.3) is 0 Å². The lowest BCUT2D eigenvalue weighted by Gasteiger charge is -2.30. The number of hydrogen-bond donors (Lipinski definition) is 2. The molecule has 0 bridgehead atoms. The van der Waals surface area contributed by atoms with Crippen LogP contribution < -0.4 is 10.5 Å². The molecule has 0 aliphatic carbocycles. The van der Waals surface area contributed by atoms with Crippen LogP contribution in [0.15, 0.2) is 33.6 Å². The Labute approximate surface area is 136 Å². The van der Waals surface area contributed by atoms with Crippen LogP contribution in [-0.2, 0) is 10.0 Å². The van der Waals surface area contributed by atoms with E-state index in [1.165, 1.54) is 0 Å². The zero-order chi connectivity index (χ0) is 14.7. The monoisotopic (exact) mass is 384 g/mol. The van der Waals surface area contributed by atoms with Gasteiger partial charge < -0.3 is 5.73 Å². The standard InChI is InChI=1S/C13H21BrN2O2S.ClH/c1-10(2)8-13(3,9-15)16-19(17,18)12-6-4-5-11(14)7-12;/h4-7,10,16H,8-9,15H2,1-3H3;1H. The number of nitrogens with two attached hydrogens (primary N) is 1. The minimum atomic E-state index is -3.56. The molecule has 3 N–H and O–H groups in total. The maximum Gasteiger partial charge on any atom is 0.241 e. The second kappa shape index (κ2) is 7.75. The molecule has 0 fully saturated rings. The van der Waals surface area contributed by atoms with Crippen molar-refractivity contribution in [2.75, 3.05) is 6.54 Å². The molecule has 0 heterocycles. The highest BCUT2D eigenvalue weighted by Crippen LogP contribution is 2.21. The molecule has 0 radical (unpaired) electrons. The Kier molecular flexibility index (Phi) is 7.70. The van der Waals surface area contributed by atoms with Crippen LogP contribution in [0.3, 0.4) is 0 Å². The van der Waals surface area contributed by atoms with Gasteiger partial charge in [-0.05, 0) is 37.5 Å². The Morgan fingerprint density at radius 1 is 1.40 bits per heavy atom. The van der Waals surface area contributed by atoms with E-state index in [4.69, 9.17) is 5.73 Å². The lowest BCUT2D eigenvalue weighted by atomic mass is 9.92. The third-order valence-electron chi connectivity index (χ3n) is 2.80. The van der Waals surface area contributed by atoms with E-state index < -0.39 is 15.6 Å². The SMILES string of the molecule is CC(C)CC(C)(CN)NS(=O)(=O)c1cccc(Br)c1.Cl. The summed E-state index contributed by atoms with van der Waals surface area (Å²) in [6.07, 6.45) is 0.691. The van der Waals surface area contributed by atoms with Crippen LogP contribution in [0.25, 0.3) is 0 Å². The summed E-state index contributed by atoms with van der Waals surface area (Å²) in [6.45, 7) is 6.18. The highest BCUT2D eigenvalue weighted by molar-refractivity contribution is 9.10. The number of halogens is 2. The van der Waals surface area contributed by atoms with Crippen molar-refractivity contribution in [3.63, 3.8) is 0 Å². The second-order valence-corrected chi connectivity index (χ2v) is 8.02. The fraction of sp³-hybridized carbons (Fsp3) is 0.538. The maximum absolute atomic E-state index is 12.4. The molecule has 20 heavy (non-hydrogen) atoms. The van der Waals surface area contributed by atoms with Crippen LogP contribution in [0.1, 0.15) is 27.2 Å². The summed E-state index contributed by atoms with van der Waals surface area (Å²) < 4.78 is 28.2. The summed E-state index contributed by atoms with van der Waals surface area (Å²) in [5.74, 6) is 0.360. The van der Waals surface area contributed by atoms with E-state index in [9.17, 15) is 8.42 Å². The van der Waals surface area contributed by atoms with Gasteiger partial charge in [-0.1, -0.05) is 35.8 Å². The van der Waals surface area contributed by atoms with E-state index in [2.05, 4.69) is 20.7 Å². The van der Waals surface area contributed by atoms with Crippen molar-refractivity contribution >= 4 is 38.4 Å². The van der Waals surface area contributed by atoms with Gasteiger partial charge in [0.15, 0.2) is 0 Å². The highest BCUT2D eigenvalue weighted by Gasteiger charge is 2.30. The minimum absolute atomic E-state index is 0. The van der Waals surface area contributed by atoms with Crippen molar-refractivity contribution < 1.29 is 8.42 Å². The van der Waals surface area contributed by atoms with Gasteiger partial charge in [-0.25, -0.2) is 13.1 Å². The van der Waals surface area contributed by atoms with Gasteiger partial charge in [-0.3, -0.25) is 0 Å². The van der Waals surface area contributed by atoms with E-state index in [0.717, 1.165) is 4.47 Å². The summed E-state index contributed by atoms with van der Waals surface area (Å²) in [7, 11) is -3.56. The van der Waals surface area contributed by atoms with Crippen molar-refractivity contribution in [2.45, 2.75) is 37.6 Å². The van der Waals surface area contributed by atoms with Crippen LogP contribution in [0.5, 0.6) is 0 Å². The topological polar surface area (TPSA) is 72.2 Å². The van der Waals surface area contributed by atoms with Crippen molar-refractivity contribution in [3.05, 3.63) is 28.7 Å². The van der Waals surface area contributed by atoms with E-state index in [1.54, 1.807) is 24.3 Å². The van der Waals surface area contributed by atoms with E-state index >= 15 is 0 Å². The normalized spacial score (nSPS) is 14.7. The van der Waals surface area contributed by atoms with Crippen LogP contribution >= 0.6 is 28.3 Å². The zero-order valence-corrected chi connectivity index (χ0v) is 15.1. The molecule has 116 valence electrons. The Bertz CT molecular complexity index is 537. The highest BCUT2D eigenvalue weighted by atomic mass is 79.9. The summed E-state index contributed by atoms with van der Waals surface area (Å²) in [5.41, 5.74) is 5.10. The van der Waals surface area contributed by atoms with Crippen LogP contribution in [0.2, 0.25) is 0 Å². The van der Waals surface area contributed by atoms with Crippen molar-refractivity contribution in [2.24, 2.45) is 11.7 Å². The van der Waals surface area contributed by atoms with E-state index in [-0.39, 0.29) is 23.8 Å². The maximum atomic E-state index is 12.4. The molecule has 1 rings (SSSR count). The first-order chi connectivity index (χ1) is 8.68. The average Bonchev–Trinajstić information content (AvgIpc) is 2.27. The molecular formula is C13H22BrClN2O2S. The van der Waals surface area contributed by atoms with E-state index in [0.29, 0.717) is 12.3 Å². The van der Waals surface area contributed by atoms with Gasteiger partial charge >= 0.3 is 0 Å². The molecule has 0 saturated heterocycles. The number of benzene rings is 1. The zero-order valence-electron chi connectivity index (χ0n) is 11.9.